The van der Waals surface area contributed by atoms with E-state index in [2.05, 4.69) is 9.72 Å². The Balaban J connectivity index is 3.05. The molecule has 0 bridgehead atoms. The SMILES string of the molecule is CCOC(=O)Cc1ncc(OC(F)(F)F)c(CN)c1N. The van der Waals surface area contributed by atoms with Crippen LogP contribution in [0.5, 0.6) is 5.75 Å². The van der Waals surface area contributed by atoms with Crippen molar-refractivity contribution < 1.29 is 27.4 Å². The van der Waals surface area contributed by atoms with Crippen LogP contribution < -0.4 is 16.2 Å². The molecule has 0 saturated carbocycles. The topological polar surface area (TPSA) is 100 Å². The van der Waals surface area contributed by atoms with Gasteiger partial charge in [0.1, 0.15) is 0 Å². The number of aromatic nitrogens is 1. The molecule has 1 aromatic heterocycles. The van der Waals surface area contributed by atoms with Gasteiger partial charge >= 0.3 is 12.3 Å². The van der Waals surface area contributed by atoms with Crippen LogP contribution in [0.2, 0.25) is 0 Å². The maximum atomic E-state index is 12.2. The van der Waals surface area contributed by atoms with E-state index < -0.39 is 18.1 Å². The van der Waals surface area contributed by atoms with E-state index in [0.29, 0.717) is 0 Å². The van der Waals surface area contributed by atoms with Crippen molar-refractivity contribution in [2.75, 3.05) is 12.3 Å². The van der Waals surface area contributed by atoms with Crippen molar-refractivity contribution in [1.29, 1.82) is 0 Å². The predicted molar refractivity (Wildman–Crippen MR) is 63.6 cm³/mol. The number of nitrogens with two attached hydrogens (primary N) is 2. The first-order valence-corrected chi connectivity index (χ1v) is 5.66. The number of nitrogens with zero attached hydrogens (tertiary/aromatic N) is 1. The van der Waals surface area contributed by atoms with Gasteiger partial charge in [0.25, 0.3) is 0 Å². The molecule has 6 nitrogen and oxygen atoms in total. The third-order valence-corrected chi connectivity index (χ3v) is 2.32. The van der Waals surface area contributed by atoms with Crippen molar-refractivity contribution in [2.24, 2.45) is 5.73 Å². The van der Waals surface area contributed by atoms with E-state index in [1.807, 2.05) is 0 Å². The third kappa shape index (κ3) is 4.26. The number of pyridine rings is 1. The largest absolute Gasteiger partial charge is 0.573 e. The molecule has 20 heavy (non-hydrogen) atoms. The predicted octanol–water partition coefficient (Wildman–Crippen LogP) is 1.13. The van der Waals surface area contributed by atoms with Gasteiger partial charge in [-0.25, -0.2) is 0 Å². The Bertz CT molecular complexity index is 492. The van der Waals surface area contributed by atoms with Crippen LogP contribution in [-0.4, -0.2) is 23.9 Å². The van der Waals surface area contributed by atoms with Crippen molar-refractivity contribution in [2.45, 2.75) is 26.3 Å². The molecule has 0 spiro atoms. The molecule has 112 valence electrons. The molecule has 1 heterocycles. The number of hydrogen-bond donors (Lipinski definition) is 2. The summed E-state index contributed by atoms with van der Waals surface area (Å²) < 4.78 is 45.1. The number of carbonyl (C=O) groups is 1. The van der Waals surface area contributed by atoms with Crippen LogP contribution in [0.4, 0.5) is 18.9 Å². The second-order valence-corrected chi connectivity index (χ2v) is 3.70. The molecule has 1 rings (SSSR count). The summed E-state index contributed by atoms with van der Waals surface area (Å²) in [6, 6.07) is 0. The van der Waals surface area contributed by atoms with Crippen LogP contribution in [0.15, 0.2) is 6.20 Å². The van der Waals surface area contributed by atoms with E-state index >= 15 is 0 Å². The lowest BCUT2D eigenvalue weighted by Gasteiger charge is -2.15. The molecular formula is C11H14F3N3O3. The maximum Gasteiger partial charge on any atom is 0.573 e. The number of hydrogen-bond acceptors (Lipinski definition) is 6. The van der Waals surface area contributed by atoms with Crippen LogP contribution in [-0.2, 0) is 22.5 Å². The first kappa shape index (κ1) is 16.0. The number of esters is 1. The first-order valence-electron chi connectivity index (χ1n) is 5.66. The molecule has 0 amide bonds. The highest BCUT2D eigenvalue weighted by atomic mass is 19.4. The summed E-state index contributed by atoms with van der Waals surface area (Å²) in [6.45, 7) is 1.52. The zero-order chi connectivity index (χ0) is 15.3. The van der Waals surface area contributed by atoms with Gasteiger partial charge in [-0.15, -0.1) is 13.2 Å². The molecule has 4 N–H and O–H groups in total. The summed E-state index contributed by atoms with van der Waals surface area (Å²) in [6.07, 6.45) is -4.29. The Morgan fingerprint density at radius 2 is 2.10 bits per heavy atom. The van der Waals surface area contributed by atoms with Gasteiger partial charge in [0.2, 0.25) is 0 Å². The summed E-state index contributed by atoms with van der Waals surface area (Å²) in [5.41, 5.74) is 10.9. The van der Waals surface area contributed by atoms with E-state index in [0.717, 1.165) is 6.20 Å². The minimum atomic E-state index is -4.87. The number of alkyl halides is 3. The number of anilines is 1. The zero-order valence-corrected chi connectivity index (χ0v) is 10.7. The summed E-state index contributed by atoms with van der Waals surface area (Å²) in [5.74, 6) is -1.16. The lowest BCUT2D eigenvalue weighted by atomic mass is 10.1. The van der Waals surface area contributed by atoms with Crippen LogP contribution >= 0.6 is 0 Å². The number of rotatable bonds is 5. The minimum Gasteiger partial charge on any atom is -0.466 e. The number of nitrogen functional groups attached to an aromatic ring is 1. The lowest BCUT2D eigenvalue weighted by molar-refractivity contribution is -0.275. The van der Waals surface area contributed by atoms with Crippen LogP contribution in [0.25, 0.3) is 0 Å². The average Bonchev–Trinajstić information content (AvgIpc) is 2.31. The fourth-order valence-corrected chi connectivity index (χ4v) is 1.50. The second-order valence-electron chi connectivity index (χ2n) is 3.70. The molecule has 9 heteroatoms. The molecule has 0 radical (unpaired) electrons. The van der Waals surface area contributed by atoms with Gasteiger partial charge < -0.3 is 20.9 Å². The van der Waals surface area contributed by atoms with Crippen molar-refractivity contribution in [1.82, 2.24) is 4.98 Å². The lowest BCUT2D eigenvalue weighted by Crippen LogP contribution is -2.20. The standard InChI is InChI=1S/C11H14F3N3O3/c1-2-19-9(18)3-7-10(16)6(4-15)8(5-17-7)20-11(12,13)14/h5H,2-4,15-16H2,1H3. The number of ether oxygens (including phenoxy) is 2. The van der Waals surface area contributed by atoms with Crippen LogP contribution in [0.1, 0.15) is 18.2 Å². The van der Waals surface area contributed by atoms with Crippen LogP contribution in [0, 0.1) is 0 Å². The quantitative estimate of drug-likeness (QED) is 0.789. The third-order valence-electron chi connectivity index (χ3n) is 2.32. The molecule has 0 aliphatic heterocycles. The van der Waals surface area contributed by atoms with Gasteiger partial charge in [0.05, 0.1) is 30.6 Å². The van der Waals surface area contributed by atoms with E-state index in [1.54, 1.807) is 6.92 Å². The number of carbonyl (C=O) groups excluding carboxylic acids is 1. The fourth-order valence-electron chi connectivity index (χ4n) is 1.50. The first-order chi connectivity index (χ1) is 9.28. The van der Waals surface area contributed by atoms with Crippen molar-refractivity contribution >= 4 is 11.7 Å². The van der Waals surface area contributed by atoms with Crippen molar-refractivity contribution in [3.05, 3.63) is 17.5 Å². The molecule has 0 aliphatic carbocycles. The summed E-state index contributed by atoms with van der Waals surface area (Å²) >= 11 is 0. The molecular weight excluding hydrogens is 279 g/mol. The number of halogens is 3. The Morgan fingerprint density at radius 3 is 2.60 bits per heavy atom. The smallest absolute Gasteiger partial charge is 0.466 e. The van der Waals surface area contributed by atoms with E-state index in [9.17, 15) is 18.0 Å². The molecule has 0 fully saturated rings. The Labute approximate surface area is 112 Å². The monoisotopic (exact) mass is 293 g/mol. The average molecular weight is 293 g/mol. The summed E-state index contributed by atoms with van der Waals surface area (Å²) in [7, 11) is 0. The Kier molecular flexibility index (Phi) is 5.14. The second kappa shape index (κ2) is 6.42. The molecule has 0 aromatic carbocycles. The highest BCUT2D eigenvalue weighted by Crippen LogP contribution is 2.30. The highest BCUT2D eigenvalue weighted by Gasteiger charge is 2.33. The van der Waals surface area contributed by atoms with E-state index in [4.69, 9.17) is 16.2 Å². The van der Waals surface area contributed by atoms with E-state index in [1.165, 1.54) is 0 Å². The molecule has 1 aromatic rings. The minimum absolute atomic E-state index is 0.0587. The molecule has 0 aliphatic rings. The normalized spacial score (nSPS) is 11.2. The van der Waals surface area contributed by atoms with Crippen LogP contribution in [0.3, 0.4) is 0 Å². The molecule has 0 atom stereocenters. The Morgan fingerprint density at radius 1 is 1.45 bits per heavy atom. The van der Waals surface area contributed by atoms with Gasteiger partial charge in [-0.05, 0) is 6.92 Å². The summed E-state index contributed by atoms with van der Waals surface area (Å²) in [5, 5.41) is 0. The molecule has 0 unspecified atom stereocenters. The molecule has 0 saturated heterocycles. The fraction of sp³-hybridized carbons (Fsp3) is 0.455. The summed E-state index contributed by atoms with van der Waals surface area (Å²) in [4.78, 5) is 15.0. The van der Waals surface area contributed by atoms with Gasteiger partial charge in [-0.2, -0.15) is 0 Å². The van der Waals surface area contributed by atoms with Gasteiger partial charge in [-0.1, -0.05) is 0 Å². The highest BCUT2D eigenvalue weighted by molar-refractivity contribution is 5.75. The maximum absolute atomic E-state index is 12.2. The van der Waals surface area contributed by atoms with E-state index in [-0.39, 0.29) is 36.5 Å². The van der Waals surface area contributed by atoms with Gasteiger partial charge in [0, 0.05) is 12.1 Å². The Hall–Kier alpha value is -2.03. The zero-order valence-electron chi connectivity index (χ0n) is 10.7. The van der Waals surface area contributed by atoms with Gasteiger partial charge in [-0.3, -0.25) is 9.78 Å². The van der Waals surface area contributed by atoms with Crippen molar-refractivity contribution in [3.63, 3.8) is 0 Å². The van der Waals surface area contributed by atoms with Crippen molar-refractivity contribution in [3.8, 4) is 5.75 Å². The van der Waals surface area contributed by atoms with Gasteiger partial charge in [0.15, 0.2) is 5.75 Å².